The predicted octanol–water partition coefficient (Wildman–Crippen LogP) is -1.21. The molecule has 0 saturated heterocycles. The number of nitrogens with zero attached hydrogens (tertiary/aromatic N) is 1. The van der Waals surface area contributed by atoms with Gasteiger partial charge >= 0.3 is 11.8 Å². The van der Waals surface area contributed by atoms with E-state index in [2.05, 4.69) is 10.6 Å². The average molecular weight is 281 g/mol. The van der Waals surface area contributed by atoms with Gasteiger partial charge in [-0.3, -0.25) is 19.7 Å². The van der Waals surface area contributed by atoms with Crippen LogP contribution < -0.4 is 15.5 Å². The van der Waals surface area contributed by atoms with Gasteiger partial charge < -0.3 is 15.5 Å². The number of hydrogen-bond donors (Lipinski definition) is 3. The van der Waals surface area contributed by atoms with Crippen molar-refractivity contribution in [3.8, 4) is 0 Å². The minimum atomic E-state index is -0.799. The Kier molecular flexibility index (Phi) is 5.60. The van der Waals surface area contributed by atoms with Crippen molar-refractivity contribution in [3.63, 3.8) is 0 Å². The molecule has 0 atom stereocenters. The molecule has 0 aromatic heterocycles. The van der Waals surface area contributed by atoms with Crippen LogP contribution in [-0.4, -0.2) is 43.9 Å². The number of carbonyl (C=O) groups excluding carboxylic acids is 2. The maximum absolute atomic E-state index is 11.5. The predicted molar refractivity (Wildman–Crippen MR) is 72.4 cm³/mol. The molecule has 0 fully saturated rings. The van der Waals surface area contributed by atoms with Crippen molar-refractivity contribution in [2.24, 2.45) is 0 Å². The number of non-ortho nitro benzene ring substituents is 1. The van der Waals surface area contributed by atoms with Gasteiger partial charge in [0.2, 0.25) is 0 Å². The number of nitro benzene ring substituents is 1. The van der Waals surface area contributed by atoms with Crippen LogP contribution in [-0.2, 0) is 9.59 Å². The number of carbonyl (C=O) groups is 2. The molecule has 0 aliphatic heterocycles. The molecule has 1 aromatic rings. The largest absolute Gasteiger partial charge is 0.342 e. The van der Waals surface area contributed by atoms with Crippen LogP contribution in [0.3, 0.4) is 0 Å². The Morgan fingerprint density at radius 3 is 2.30 bits per heavy atom. The molecule has 0 bridgehead atoms. The first-order valence-electron chi connectivity index (χ1n) is 6.03. The van der Waals surface area contributed by atoms with E-state index in [0.717, 1.165) is 4.90 Å². The second-order valence-corrected chi connectivity index (χ2v) is 4.47. The summed E-state index contributed by atoms with van der Waals surface area (Å²) in [5.74, 6) is -1.53. The molecular weight excluding hydrogens is 264 g/mol. The summed E-state index contributed by atoms with van der Waals surface area (Å²) in [7, 11) is 3.87. The zero-order valence-electron chi connectivity index (χ0n) is 11.3. The van der Waals surface area contributed by atoms with Crippen LogP contribution in [0.25, 0.3) is 0 Å². The molecule has 0 spiro atoms. The van der Waals surface area contributed by atoms with Gasteiger partial charge in [-0.2, -0.15) is 0 Å². The highest BCUT2D eigenvalue weighted by molar-refractivity contribution is 6.39. The molecular formula is C12H17N4O4+. The van der Waals surface area contributed by atoms with Gasteiger partial charge in [-0.25, -0.2) is 0 Å². The average Bonchev–Trinajstić information content (AvgIpc) is 2.38. The van der Waals surface area contributed by atoms with E-state index in [4.69, 9.17) is 0 Å². The van der Waals surface area contributed by atoms with Crippen LogP contribution in [0.15, 0.2) is 24.3 Å². The number of nitro groups is 1. The van der Waals surface area contributed by atoms with Crippen LogP contribution in [0, 0.1) is 10.1 Å². The van der Waals surface area contributed by atoms with Crippen LogP contribution in [0.1, 0.15) is 0 Å². The van der Waals surface area contributed by atoms with E-state index < -0.39 is 16.7 Å². The number of quaternary nitrogens is 1. The molecule has 1 aromatic carbocycles. The number of hydrogen-bond acceptors (Lipinski definition) is 4. The number of rotatable bonds is 5. The van der Waals surface area contributed by atoms with Crippen molar-refractivity contribution < 1.29 is 19.4 Å². The van der Waals surface area contributed by atoms with E-state index >= 15 is 0 Å². The van der Waals surface area contributed by atoms with Gasteiger partial charge in [-0.15, -0.1) is 0 Å². The lowest BCUT2D eigenvalue weighted by Gasteiger charge is -2.08. The second kappa shape index (κ2) is 7.19. The molecule has 0 radical (unpaired) electrons. The Morgan fingerprint density at radius 2 is 1.80 bits per heavy atom. The third-order valence-corrected chi connectivity index (χ3v) is 2.45. The smallest absolute Gasteiger partial charge is 0.313 e. The van der Waals surface area contributed by atoms with Gasteiger partial charge in [-0.1, -0.05) is 0 Å². The maximum atomic E-state index is 11.5. The Morgan fingerprint density at radius 1 is 1.20 bits per heavy atom. The molecule has 0 saturated carbocycles. The van der Waals surface area contributed by atoms with E-state index in [1.807, 2.05) is 14.1 Å². The molecule has 1 rings (SSSR count). The highest BCUT2D eigenvalue weighted by Crippen LogP contribution is 2.15. The van der Waals surface area contributed by atoms with Gasteiger partial charge in [0, 0.05) is 17.8 Å². The van der Waals surface area contributed by atoms with Crippen molar-refractivity contribution in [1.29, 1.82) is 0 Å². The first-order valence-corrected chi connectivity index (χ1v) is 6.03. The second-order valence-electron chi connectivity index (χ2n) is 4.47. The van der Waals surface area contributed by atoms with Crippen LogP contribution >= 0.6 is 0 Å². The molecule has 3 N–H and O–H groups in total. The fourth-order valence-corrected chi connectivity index (χ4v) is 1.36. The molecule has 0 unspecified atom stereocenters. The summed E-state index contributed by atoms with van der Waals surface area (Å²) in [4.78, 5) is 34.1. The van der Waals surface area contributed by atoms with Crippen molar-refractivity contribution in [2.75, 3.05) is 32.5 Å². The van der Waals surface area contributed by atoms with Crippen LogP contribution in [0.5, 0.6) is 0 Å². The van der Waals surface area contributed by atoms with E-state index in [1.54, 1.807) is 0 Å². The number of likely N-dealkylation sites (N-methyl/N-ethyl adjacent to an activating group) is 1. The molecule has 8 nitrogen and oxygen atoms in total. The Labute approximate surface area is 115 Å². The molecule has 0 heterocycles. The van der Waals surface area contributed by atoms with Crippen LogP contribution in [0.2, 0.25) is 0 Å². The third kappa shape index (κ3) is 5.02. The van der Waals surface area contributed by atoms with Crippen molar-refractivity contribution >= 4 is 23.2 Å². The normalized spacial score (nSPS) is 10.2. The lowest BCUT2D eigenvalue weighted by atomic mass is 10.3. The summed E-state index contributed by atoms with van der Waals surface area (Å²) in [5.41, 5.74) is 0.246. The fourth-order valence-electron chi connectivity index (χ4n) is 1.36. The number of benzene rings is 1. The monoisotopic (exact) mass is 281 g/mol. The highest BCUT2D eigenvalue weighted by atomic mass is 16.6. The first kappa shape index (κ1) is 15.6. The van der Waals surface area contributed by atoms with E-state index in [0.29, 0.717) is 18.8 Å². The van der Waals surface area contributed by atoms with Crippen LogP contribution in [0.4, 0.5) is 11.4 Å². The fraction of sp³-hybridized carbons (Fsp3) is 0.333. The Bertz CT molecular complexity index is 499. The quantitative estimate of drug-likeness (QED) is 0.358. The first-order chi connectivity index (χ1) is 9.40. The molecule has 2 amide bonds. The van der Waals surface area contributed by atoms with Crippen molar-refractivity contribution in [3.05, 3.63) is 34.4 Å². The van der Waals surface area contributed by atoms with Gasteiger partial charge in [0.25, 0.3) is 5.69 Å². The summed E-state index contributed by atoms with van der Waals surface area (Å²) >= 11 is 0. The van der Waals surface area contributed by atoms with Gasteiger partial charge in [0.05, 0.1) is 32.1 Å². The minimum absolute atomic E-state index is 0.0820. The topological polar surface area (TPSA) is 106 Å². The Balaban J connectivity index is 2.49. The molecule has 8 heteroatoms. The zero-order chi connectivity index (χ0) is 15.1. The lowest BCUT2D eigenvalue weighted by molar-refractivity contribution is -0.856. The number of amides is 2. The molecule has 20 heavy (non-hydrogen) atoms. The Hall–Kier alpha value is -2.48. The summed E-state index contributed by atoms with van der Waals surface area (Å²) in [6.45, 7) is 1.10. The zero-order valence-corrected chi connectivity index (χ0v) is 11.3. The number of anilines is 1. The van der Waals surface area contributed by atoms with Gasteiger partial charge in [0.1, 0.15) is 0 Å². The highest BCUT2D eigenvalue weighted by Gasteiger charge is 2.14. The molecule has 0 aliphatic carbocycles. The summed E-state index contributed by atoms with van der Waals surface area (Å²) in [5, 5.41) is 15.3. The van der Waals surface area contributed by atoms with E-state index in [-0.39, 0.29) is 5.69 Å². The summed E-state index contributed by atoms with van der Waals surface area (Å²) < 4.78 is 0. The van der Waals surface area contributed by atoms with Crippen molar-refractivity contribution in [1.82, 2.24) is 5.32 Å². The number of nitrogens with one attached hydrogen (secondary N) is 3. The van der Waals surface area contributed by atoms with E-state index in [1.165, 1.54) is 24.3 Å². The maximum Gasteiger partial charge on any atom is 0.313 e. The minimum Gasteiger partial charge on any atom is -0.342 e. The summed E-state index contributed by atoms with van der Waals surface area (Å²) in [6, 6.07) is 5.24. The standard InChI is InChI=1S/C12H16N4O4/c1-15(2)8-7-13-11(17)12(18)14-9-3-5-10(6-4-9)16(19)20/h3-6H,7-8H2,1-2H3,(H,13,17)(H,14,18)/p+1. The van der Waals surface area contributed by atoms with Crippen molar-refractivity contribution in [2.45, 2.75) is 0 Å². The summed E-state index contributed by atoms with van der Waals surface area (Å²) in [6.07, 6.45) is 0. The van der Waals surface area contributed by atoms with Gasteiger partial charge in [-0.05, 0) is 12.1 Å². The lowest BCUT2D eigenvalue weighted by Crippen LogP contribution is -3.06. The van der Waals surface area contributed by atoms with E-state index in [9.17, 15) is 19.7 Å². The third-order valence-electron chi connectivity index (χ3n) is 2.45. The van der Waals surface area contributed by atoms with Gasteiger partial charge in [0.15, 0.2) is 0 Å². The molecule has 0 aliphatic rings. The molecule has 108 valence electrons. The SMILES string of the molecule is C[NH+](C)CCNC(=O)C(=O)Nc1ccc([N+](=O)[O-])cc1.